The van der Waals surface area contributed by atoms with Crippen LogP contribution in [0.2, 0.25) is 0 Å². The van der Waals surface area contributed by atoms with E-state index in [2.05, 4.69) is 55.2 Å². The highest BCUT2D eigenvalue weighted by atomic mass is 32.1. The summed E-state index contributed by atoms with van der Waals surface area (Å²) in [5, 5.41) is 24.7. The minimum atomic E-state index is -0.856. The summed E-state index contributed by atoms with van der Waals surface area (Å²) >= 11 is 1.59. The molecular formula is C37H46N2O4S. The summed E-state index contributed by atoms with van der Waals surface area (Å²) in [6.07, 6.45) is 12.8. The van der Waals surface area contributed by atoms with Crippen molar-refractivity contribution in [3.63, 3.8) is 0 Å². The van der Waals surface area contributed by atoms with Crippen molar-refractivity contribution in [3.8, 4) is 0 Å². The van der Waals surface area contributed by atoms with E-state index in [-0.39, 0.29) is 40.0 Å². The largest absolute Gasteiger partial charge is 0.393 e. The lowest BCUT2D eigenvalue weighted by atomic mass is 9.32. The van der Waals surface area contributed by atoms with Crippen LogP contribution in [0.4, 0.5) is 0 Å². The minimum absolute atomic E-state index is 0.0318. The fourth-order valence-electron chi connectivity index (χ4n) is 11.4. The maximum atomic E-state index is 14.9. The van der Waals surface area contributed by atoms with E-state index in [9.17, 15) is 19.8 Å². The predicted molar refractivity (Wildman–Crippen MR) is 173 cm³/mol. The molecule has 2 aromatic rings. The molecule has 4 fully saturated rings. The van der Waals surface area contributed by atoms with Gasteiger partial charge in [-0.1, -0.05) is 50.3 Å². The molecule has 2 bridgehead atoms. The van der Waals surface area contributed by atoms with Crippen LogP contribution in [-0.2, 0) is 4.79 Å². The van der Waals surface area contributed by atoms with Crippen LogP contribution in [0.25, 0.3) is 10.1 Å². The molecule has 1 aliphatic heterocycles. The van der Waals surface area contributed by atoms with Crippen LogP contribution in [0.15, 0.2) is 54.1 Å². The van der Waals surface area contributed by atoms with Gasteiger partial charge in [0.25, 0.3) is 0 Å². The second-order valence-corrected chi connectivity index (χ2v) is 16.7. The third-order valence-corrected chi connectivity index (χ3v) is 15.0. The standard InChI is InChI=1S/C37H46N2O4S/c1-24(40)39-18-16-38(17-19-39)23-36(43)13-10-31-34(36,3)12-9-30-33(2)11-8-26(41)21-35(33)14-15-37(30,31)27(22-35)32(42)29-20-25-6-4-5-7-28(25)44-29/h4-7,14-15,20,22,26,30-31,41,43H,8-13,16-19,21,23H2,1-3H3. The van der Waals surface area contributed by atoms with Gasteiger partial charge in [0.1, 0.15) is 0 Å². The van der Waals surface area contributed by atoms with Gasteiger partial charge in [0, 0.05) is 66.2 Å². The maximum absolute atomic E-state index is 14.9. The Morgan fingerprint density at radius 3 is 2.41 bits per heavy atom. The van der Waals surface area contributed by atoms with Gasteiger partial charge in [0.05, 0.1) is 16.6 Å². The van der Waals surface area contributed by atoms with Crippen molar-refractivity contribution in [3.05, 3.63) is 59.0 Å². The van der Waals surface area contributed by atoms with Crippen molar-refractivity contribution in [1.82, 2.24) is 9.80 Å². The van der Waals surface area contributed by atoms with E-state index in [4.69, 9.17) is 0 Å². The SMILES string of the molecule is CC(=O)N1CCN(CC2(O)CCC3C45C=CC6(C=C4C(=O)c4cc7ccccc7s4)CC(O)CCC6(C)C5CCC32C)CC1. The van der Waals surface area contributed by atoms with Crippen LogP contribution in [0.1, 0.15) is 75.4 Å². The number of thiophene rings is 1. The van der Waals surface area contributed by atoms with E-state index in [0.717, 1.165) is 72.2 Å². The first-order chi connectivity index (χ1) is 20.9. The van der Waals surface area contributed by atoms with Gasteiger partial charge in [-0.2, -0.15) is 0 Å². The number of aliphatic hydroxyl groups excluding tert-OH is 1. The Morgan fingerprint density at radius 1 is 0.955 bits per heavy atom. The molecule has 3 saturated carbocycles. The fraction of sp³-hybridized carbons (Fsp3) is 0.622. The molecule has 1 amide bonds. The molecule has 7 heteroatoms. The van der Waals surface area contributed by atoms with Gasteiger partial charge in [0.15, 0.2) is 5.78 Å². The van der Waals surface area contributed by atoms with Gasteiger partial charge in [-0.3, -0.25) is 14.5 Å². The van der Waals surface area contributed by atoms with E-state index in [1.54, 1.807) is 18.3 Å². The molecule has 2 N–H and O–H groups in total. The van der Waals surface area contributed by atoms with Crippen LogP contribution in [0.3, 0.4) is 0 Å². The Bertz CT molecular complexity index is 1570. The Hall–Kier alpha value is -2.32. The molecule has 0 radical (unpaired) electrons. The first-order valence-electron chi connectivity index (χ1n) is 16.8. The Morgan fingerprint density at radius 2 is 1.66 bits per heavy atom. The van der Waals surface area contributed by atoms with E-state index in [0.29, 0.717) is 32.0 Å². The number of allylic oxidation sites excluding steroid dienone is 4. The first kappa shape index (κ1) is 29.1. The third-order valence-electron chi connectivity index (χ3n) is 13.9. The quantitative estimate of drug-likeness (QED) is 0.334. The molecule has 6 nitrogen and oxygen atoms in total. The number of carbonyl (C=O) groups excluding carboxylic acids is 2. The smallest absolute Gasteiger partial charge is 0.219 e. The molecule has 234 valence electrons. The zero-order valence-electron chi connectivity index (χ0n) is 26.3. The van der Waals surface area contributed by atoms with E-state index in [1.807, 2.05) is 17.0 Å². The van der Waals surface area contributed by atoms with Crippen molar-refractivity contribution >= 4 is 33.1 Å². The van der Waals surface area contributed by atoms with Gasteiger partial charge < -0.3 is 15.1 Å². The van der Waals surface area contributed by atoms with Gasteiger partial charge >= 0.3 is 0 Å². The third kappa shape index (κ3) is 3.70. The van der Waals surface area contributed by atoms with Crippen molar-refractivity contribution in [2.75, 3.05) is 32.7 Å². The number of hydrogen-bond acceptors (Lipinski definition) is 6. The highest BCUT2D eigenvalue weighted by Crippen LogP contribution is 2.78. The fourth-order valence-corrected chi connectivity index (χ4v) is 12.4. The number of Topliss-reactive ketones (excluding diaryl/α,β-unsaturated/α-hetero) is 1. The molecule has 1 saturated heterocycles. The number of carbonyl (C=O) groups is 2. The number of ketones is 1. The number of benzene rings is 1. The molecule has 8 atom stereocenters. The maximum Gasteiger partial charge on any atom is 0.219 e. The zero-order chi connectivity index (χ0) is 30.7. The molecule has 7 aliphatic rings. The van der Waals surface area contributed by atoms with Crippen molar-refractivity contribution in [1.29, 1.82) is 0 Å². The lowest BCUT2D eigenvalue weighted by Crippen LogP contribution is -2.67. The Kier molecular flexibility index (Phi) is 6.35. The zero-order valence-corrected chi connectivity index (χ0v) is 27.2. The lowest BCUT2D eigenvalue weighted by Gasteiger charge is -2.71. The van der Waals surface area contributed by atoms with E-state index in [1.165, 1.54) is 0 Å². The number of fused-ring (bicyclic) bond motifs is 2. The van der Waals surface area contributed by atoms with Crippen LogP contribution >= 0.6 is 11.3 Å². The second kappa shape index (κ2) is 9.60. The molecule has 2 spiro atoms. The van der Waals surface area contributed by atoms with Gasteiger partial charge in [-0.05, 0) is 79.7 Å². The van der Waals surface area contributed by atoms with Crippen LogP contribution in [0.5, 0.6) is 0 Å². The predicted octanol–water partition coefficient (Wildman–Crippen LogP) is 5.84. The Balaban J connectivity index is 1.21. The summed E-state index contributed by atoms with van der Waals surface area (Å²) in [6, 6.07) is 10.3. The van der Waals surface area contributed by atoms with Crippen LogP contribution < -0.4 is 0 Å². The number of nitrogens with zero attached hydrogens (tertiary/aromatic N) is 2. The van der Waals surface area contributed by atoms with E-state index < -0.39 is 11.0 Å². The van der Waals surface area contributed by atoms with Crippen molar-refractivity contribution < 1.29 is 19.8 Å². The highest BCUT2D eigenvalue weighted by molar-refractivity contribution is 7.21. The monoisotopic (exact) mass is 614 g/mol. The summed E-state index contributed by atoms with van der Waals surface area (Å²) in [5.41, 5.74) is -1.05. The summed E-state index contributed by atoms with van der Waals surface area (Å²) in [6.45, 7) is 10.0. The Labute approximate surface area is 264 Å². The molecule has 44 heavy (non-hydrogen) atoms. The number of amides is 1. The average molecular weight is 615 g/mol. The summed E-state index contributed by atoms with van der Waals surface area (Å²) in [5.74, 6) is 0.713. The van der Waals surface area contributed by atoms with Gasteiger partial charge in [0.2, 0.25) is 5.91 Å². The molecular weight excluding hydrogens is 568 g/mol. The number of hydrogen-bond donors (Lipinski definition) is 2. The molecule has 8 unspecified atom stereocenters. The van der Waals surface area contributed by atoms with Crippen LogP contribution in [0, 0.1) is 33.5 Å². The first-order valence-corrected chi connectivity index (χ1v) is 17.6. The lowest BCUT2D eigenvalue weighted by molar-refractivity contribution is -0.177. The van der Waals surface area contributed by atoms with Crippen molar-refractivity contribution in [2.45, 2.75) is 77.4 Å². The van der Waals surface area contributed by atoms with E-state index >= 15 is 0 Å². The molecule has 2 heterocycles. The topological polar surface area (TPSA) is 81.1 Å². The average Bonchev–Trinajstić information content (AvgIpc) is 3.55. The normalized spacial score (nSPS) is 43.0. The summed E-state index contributed by atoms with van der Waals surface area (Å²) in [7, 11) is 0. The summed E-state index contributed by atoms with van der Waals surface area (Å²) in [4.78, 5) is 31.9. The van der Waals surface area contributed by atoms with Gasteiger partial charge in [-0.15, -0.1) is 11.3 Å². The summed E-state index contributed by atoms with van der Waals surface area (Å²) < 4.78 is 1.13. The molecule has 1 aromatic heterocycles. The van der Waals surface area contributed by atoms with Gasteiger partial charge in [-0.25, -0.2) is 0 Å². The minimum Gasteiger partial charge on any atom is -0.393 e. The highest BCUT2D eigenvalue weighted by Gasteiger charge is 2.74. The second-order valence-electron chi connectivity index (χ2n) is 15.6. The molecule has 9 rings (SSSR count). The number of β-amino-alcohol motifs (C(OH)–C–C–N with tert-alkyl or cyclic N) is 1. The number of rotatable bonds is 4. The number of aliphatic hydroxyl groups is 2. The number of piperazine rings is 1. The molecule has 6 aliphatic carbocycles. The van der Waals surface area contributed by atoms with Crippen molar-refractivity contribution in [2.24, 2.45) is 33.5 Å². The van der Waals surface area contributed by atoms with Crippen LogP contribution in [-0.4, -0.2) is 76.1 Å². The molecule has 1 aromatic carbocycles.